The van der Waals surface area contributed by atoms with Crippen molar-refractivity contribution in [3.8, 4) is 5.75 Å². The number of rotatable bonds is 5. The fraction of sp³-hybridized carbons (Fsp3) is 0.458. The van der Waals surface area contributed by atoms with E-state index < -0.39 is 40.8 Å². The third-order valence-electron chi connectivity index (χ3n) is 6.26. The van der Waals surface area contributed by atoms with Gasteiger partial charge in [0.1, 0.15) is 17.7 Å². The van der Waals surface area contributed by atoms with E-state index in [0.29, 0.717) is 24.2 Å². The van der Waals surface area contributed by atoms with E-state index in [1.165, 1.54) is 42.7 Å². The number of hydrogen-bond acceptors (Lipinski definition) is 7. The summed E-state index contributed by atoms with van der Waals surface area (Å²) in [6, 6.07) is 3.54. The summed E-state index contributed by atoms with van der Waals surface area (Å²) < 4.78 is 14.8. The molecule has 1 atom stereocenters. The van der Waals surface area contributed by atoms with E-state index in [0.717, 1.165) is 4.90 Å². The Morgan fingerprint density at radius 1 is 1.19 bits per heavy atom. The van der Waals surface area contributed by atoms with Gasteiger partial charge in [0.2, 0.25) is 5.75 Å². The van der Waals surface area contributed by atoms with Crippen molar-refractivity contribution in [2.45, 2.75) is 33.0 Å². The van der Waals surface area contributed by atoms with Crippen molar-refractivity contribution in [1.82, 2.24) is 29.6 Å². The number of halogens is 1. The molecule has 2 N–H and O–H groups in total. The van der Waals surface area contributed by atoms with E-state index in [9.17, 15) is 28.7 Å². The second-order valence-electron chi connectivity index (χ2n) is 8.91. The Morgan fingerprint density at radius 2 is 1.89 bits per heavy atom. The smallest absolute Gasteiger partial charge is 0.312 e. The van der Waals surface area contributed by atoms with Crippen molar-refractivity contribution in [1.29, 1.82) is 0 Å². The van der Waals surface area contributed by atoms with Crippen molar-refractivity contribution in [2.24, 2.45) is 0 Å². The molecule has 1 unspecified atom stereocenters. The summed E-state index contributed by atoms with van der Waals surface area (Å²) in [5, 5.41) is 13.1. The van der Waals surface area contributed by atoms with Crippen LogP contribution in [0.2, 0.25) is 0 Å². The minimum absolute atomic E-state index is 0.0161. The first-order valence-corrected chi connectivity index (χ1v) is 11.5. The fourth-order valence-corrected chi connectivity index (χ4v) is 4.00. The molecule has 0 radical (unpaired) electrons. The lowest BCUT2D eigenvalue weighted by molar-refractivity contribution is -0.151. The summed E-state index contributed by atoms with van der Waals surface area (Å²) >= 11 is 0. The Balaban J connectivity index is 2.00. The molecule has 0 bridgehead atoms. The van der Waals surface area contributed by atoms with E-state index in [4.69, 9.17) is 0 Å². The first kappa shape index (κ1) is 26.8. The van der Waals surface area contributed by atoms with Gasteiger partial charge in [0, 0.05) is 47.3 Å². The highest BCUT2D eigenvalue weighted by molar-refractivity contribution is 6.34. The largest absolute Gasteiger partial charge is 0.501 e. The average molecular weight is 503 g/mol. The Kier molecular flexibility index (Phi) is 8.08. The van der Waals surface area contributed by atoms with Crippen LogP contribution in [-0.4, -0.2) is 87.9 Å². The Bertz CT molecular complexity index is 1240. The van der Waals surface area contributed by atoms with Crippen molar-refractivity contribution >= 4 is 17.7 Å². The number of nitrogens with one attached hydrogen (secondary N) is 1. The van der Waals surface area contributed by atoms with Crippen molar-refractivity contribution in [3.63, 3.8) is 0 Å². The number of aryl methyl sites for hydroxylation is 1. The minimum Gasteiger partial charge on any atom is -0.501 e. The molecule has 0 saturated heterocycles. The number of carbonyl (C=O) groups is 3. The second-order valence-corrected chi connectivity index (χ2v) is 8.91. The number of benzene rings is 1. The van der Waals surface area contributed by atoms with Crippen LogP contribution >= 0.6 is 0 Å². The SMILES string of the molecule is CCN1CCn2c(nc(C(=O)NCc3ccc(F)c(C)c3)c(O)c2=O)C(N(C)C(=O)C(=O)N(C)C)C1. The Labute approximate surface area is 208 Å². The number of hydrogen-bond donors (Lipinski definition) is 2. The molecule has 1 aromatic carbocycles. The minimum atomic E-state index is -0.830. The molecule has 11 nitrogen and oxygen atoms in total. The van der Waals surface area contributed by atoms with Gasteiger partial charge in [-0.15, -0.1) is 0 Å². The van der Waals surface area contributed by atoms with Gasteiger partial charge in [0.15, 0.2) is 5.69 Å². The summed E-state index contributed by atoms with van der Waals surface area (Å²) in [6.07, 6.45) is 0. The molecule has 0 spiro atoms. The molecule has 1 aromatic heterocycles. The fourth-order valence-electron chi connectivity index (χ4n) is 4.00. The lowest BCUT2D eigenvalue weighted by atomic mass is 10.1. The van der Waals surface area contributed by atoms with E-state index in [-0.39, 0.29) is 31.3 Å². The molecule has 194 valence electrons. The maximum absolute atomic E-state index is 13.5. The number of fused-ring (bicyclic) bond motifs is 1. The number of aromatic nitrogens is 2. The first-order valence-electron chi connectivity index (χ1n) is 11.5. The van der Waals surface area contributed by atoms with Crippen molar-refractivity contribution < 1.29 is 23.9 Å². The highest BCUT2D eigenvalue weighted by Crippen LogP contribution is 2.24. The Hall–Kier alpha value is -3.80. The van der Waals surface area contributed by atoms with E-state index in [1.54, 1.807) is 13.0 Å². The first-order chi connectivity index (χ1) is 17.0. The lowest BCUT2D eigenvalue weighted by Gasteiger charge is -2.30. The van der Waals surface area contributed by atoms with Gasteiger partial charge in [-0.25, -0.2) is 9.37 Å². The van der Waals surface area contributed by atoms with Gasteiger partial charge in [0.05, 0.1) is 0 Å². The highest BCUT2D eigenvalue weighted by Gasteiger charge is 2.35. The molecular weight excluding hydrogens is 471 g/mol. The zero-order valence-electron chi connectivity index (χ0n) is 21.0. The van der Waals surface area contributed by atoms with E-state index in [2.05, 4.69) is 10.3 Å². The third-order valence-corrected chi connectivity index (χ3v) is 6.26. The van der Waals surface area contributed by atoms with Crippen LogP contribution in [0.5, 0.6) is 5.75 Å². The zero-order chi connectivity index (χ0) is 26.7. The van der Waals surface area contributed by atoms with Crippen molar-refractivity contribution in [3.05, 3.63) is 57.0 Å². The maximum Gasteiger partial charge on any atom is 0.312 e. The van der Waals surface area contributed by atoms with Gasteiger partial charge >= 0.3 is 11.8 Å². The van der Waals surface area contributed by atoms with Crippen LogP contribution in [0.3, 0.4) is 0 Å². The second kappa shape index (κ2) is 10.9. The standard InChI is InChI=1S/C24H31FN6O5/c1-6-30-9-10-31-20(17(13-30)29(5)24(36)23(35)28(3)4)27-18(19(32)22(31)34)21(33)26-12-15-7-8-16(25)14(2)11-15/h7-8,11,17,32H,6,9-10,12-13H2,1-5H3,(H,26,33). The molecule has 2 heterocycles. The summed E-state index contributed by atoms with van der Waals surface area (Å²) in [7, 11) is 4.35. The number of nitrogens with zero attached hydrogens (tertiary/aromatic N) is 5. The van der Waals surface area contributed by atoms with Crippen LogP contribution in [0.15, 0.2) is 23.0 Å². The number of likely N-dealkylation sites (N-methyl/N-ethyl adjacent to an activating group) is 3. The summed E-state index contributed by atoms with van der Waals surface area (Å²) in [5.41, 5.74) is -0.267. The van der Waals surface area contributed by atoms with Crippen LogP contribution in [0.4, 0.5) is 4.39 Å². The van der Waals surface area contributed by atoms with Gasteiger partial charge in [-0.3, -0.25) is 28.6 Å². The number of carbonyl (C=O) groups excluding carboxylic acids is 3. The predicted octanol–water partition coefficient (Wildman–Crippen LogP) is 0.250. The molecule has 1 aliphatic heterocycles. The van der Waals surface area contributed by atoms with E-state index >= 15 is 0 Å². The molecule has 36 heavy (non-hydrogen) atoms. The van der Waals surface area contributed by atoms with Crippen LogP contribution in [0.25, 0.3) is 0 Å². The lowest BCUT2D eigenvalue weighted by Crippen LogP contribution is -2.46. The normalized spacial score (nSPS) is 15.6. The number of aromatic hydroxyl groups is 1. The molecule has 0 fully saturated rings. The molecule has 0 aliphatic carbocycles. The molecule has 3 rings (SSSR count). The molecule has 0 saturated carbocycles. The maximum atomic E-state index is 13.5. The topological polar surface area (TPSA) is 128 Å². The molecule has 3 amide bonds. The quantitative estimate of drug-likeness (QED) is 0.561. The van der Waals surface area contributed by atoms with Crippen molar-refractivity contribution in [2.75, 3.05) is 40.8 Å². The van der Waals surface area contributed by atoms with Gasteiger partial charge < -0.3 is 20.2 Å². The average Bonchev–Trinajstić information content (AvgIpc) is 3.04. The third kappa shape index (κ3) is 5.38. The number of amides is 3. The van der Waals surface area contributed by atoms with Gasteiger partial charge in [-0.05, 0) is 30.7 Å². The zero-order valence-corrected chi connectivity index (χ0v) is 21.0. The highest BCUT2D eigenvalue weighted by atomic mass is 19.1. The van der Waals surface area contributed by atoms with Gasteiger partial charge in [-0.2, -0.15) is 0 Å². The molecule has 2 aromatic rings. The van der Waals surface area contributed by atoms with Crippen LogP contribution in [0, 0.1) is 12.7 Å². The summed E-state index contributed by atoms with van der Waals surface area (Å²) in [4.78, 5) is 59.9. The predicted molar refractivity (Wildman–Crippen MR) is 129 cm³/mol. The van der Waals surface area contributed by atoms with Crippen LogP contribution < -0.4 is 10.9 Å². The summed E-state index contributed by atoms with van der Waals surface area (Å²) in [6.45, 7) is 5.04. The Morgan fingerprint density at radius 3 is 2.50 bits per heavy atom. The monoisotopic (exact) mass is 502 g/mol. The van der Waals surface area contributed by atoms with Crippen LogP contribution in [-0.2, 0) is 22.7 Å². The van der Waals surface area contributed by atoms with E-state index in [1.807, 2.05) is 11.8 Å². The molecular formula is C24H31FN6O5. The van der Waals surface area contributed by atoms with Crippen LogP contribution in [0.1, 0.15) is 40.4 Å². The molecule has 12 heteroatoms. The van der Waals surface area contributed by atoms with Gasteiger partial charge in [0.25, 0.3) is 11.5 Å². The summed E-state index contributed by atoms with van der Waals surface area (Å²) in [5.74, 6) is -3.43. The van der Waals surface area contributed by atoms with Gasteiger partial charge in [-0.1, -0.05) is 19.1 Å². The molecule has 1 aliphatic rings.